The zero-order valence-electron chi connectivity index (χ0n) is 12.8. The van der Waals surface area contributed by atoms with Crippen LogP contribution in [0, 0.1) is 0 Å². The monoisotopic (exact) mass is 335 g/mol. The summed E-state index contributed by atoms with van der Waals surface area (Å²) in [7, 11) is -3.82. The topological polar surface area (TPSA) is 92.4 Å². The first kappa shape index (κ1) is 15.5. The maximum Gasteiger partial charge on any atom is 0.358 e. The van der Waals surface area contributed by atoms with Gasteiger partial charge in [0.15, 0.2) is 10.7 Å². The van der Waals surface area contributed by atoms with Crippen LogP contribution >= 0.6 is 0 Å². The number of hydrogen-bond donors (Lipinski definition) is 1. The zero-order chi connectivity index (χ0) is 16.6. The summed E-state index contributed by atoms with van der Waals surface area (Å²) in [6, 6.07) is 8.39. The second-order valence-corrected chi connectivity index (χ2v) is 7.10. The molecule has 1 atom stereocenters. The molecule has 0 saturated heterocycles. The Morgan fingerprint density at radius 3 is 2.91 bits per heavy atom. The van der Waals surface area contributed by atoms with Gasteiger partial charge in [0, 0.05) is 12.1 Å². The molecule has 1 aromatic heterocycles. The molecule has 0 spiro atoms. The number of carbonyl (C=O) groups is 1. The van der Waals surface area contributed by atoms with Gasteiger partial charge in [-0.25, -0.2) is 4.79 Å². The molecule has 2 heterocycles. The fourth-order valence-corrected chi connectivity index (χ4v) is 4.37. The van der Waals surface area contributed by atoms with E-state index in [1.54, 1.807) is 19.1 Å². The van der Waals surface area contributed by atoms with Crippen LogP contribution in [0.15, 0.2) is 35.4 Å². The molecule has 1 aliphatic rings. The minimum absolute atomic E-state index is 0.0504. The highest BCUT2D eigenvalue weighted by Gasteiger charge is 2.37. The van der Waals surface area contributed by atoms with Gasteiger partial charge in [-0.1, -0.05) is 18.2 Å². The lowest BCUT2D eigenvalue weighted by Crippen LogP contribution is -2.35. The number of aromatic amines is 1. The lowest BCUT2D eigenvalue weighted by atomic mass is 10.1. The van der Waals surface area contributed by atoms with Crippen molar-refractivity contribution in [2.75, 3.05) is 10.9 Å². The Kier molecular flexibility index (Phi) is 3.85. The largest absolute Gasteiger partial charge is 0.461 e. The van der Waals surface area contributed by atoms with E-state index in [2.05, 4.69) is 10.2 Å². The van der Waals surface area contributed by atoms with Gasteiger partial charge in [0.2, 0.25) is 0 Å². The molecule has 122 valence electrons. The van der Waals surface area contributed by atoms with Crippen LogP contribution in [-0.4, -0.2) is 37.2 Å². The van der Waals surface area contributed by atoms with Crippen LogP contribution in [0.25, 0.3) is 0 Å². The number of carbonyl (C=O) groups excluding carboxylic acids is 1. The molecular weight excluding hydrogens is 318 g/mol. The lowest BCUT2D eigenvalue weighted by molar-refractivity contribution is 0.0519. The highest BCUT2D eigenvalue weighted by molar-refractivity contribution is 7.92. The van der Waals surface area contributed by atoms with E-state index in [0.717, 1.165) is 5.56 Å². The Labute approximate surface area is 134 Å². The van der Waals surface area contributed by atoms with Crippen molar-refractivity contribution in [1.29, 1.82) is 0 Å². The summed E-state index contributed by atoms with van der Waals surface area (Å²) < 4.78 is 32.0. The number of rotatable bonds is 4. The van der Waals surface area contributed by atoms with Crippen molar-refractivity contribution in [2.24, 2.45) is 0 Å². The highest BCUT2D eigenvalue weighted by Crippen LogP contribution is 2.36. The summed E-state index contributed by atoms with van der Waals surface area (Å²) in [6.07, 6.45) is 0.647. The van der Waals surface area contributed by atoms with E-state index in [1.165, 1.54) is 10.4 Å². The molecule has 0 bridgehead atoms. The van der Waals surface area contributed by atoms with Gasteiger partial charge < -0.3 is 4.74 Å². The van der Waals surface area contributed by atoms with E-state index in [9.17, 15) is 13.2 Å². The van der Waals surface area contributed by atoms with Crippen LogP contribution in [0.2, 0.25) is 0 Å². The molecule has 7 nitrogen and oxygen atoms in total. The van der Waals surface area contributed by atoms with Gasteiger partial charge in [-0.3, -0.25) is 9.40 Å². The SMILES string of the molecule is CCOC(=O)c1cc(S(=O)(=O)N2c3ccccc3CC2C)[nH]n1. The molecular formula is C15H17N3O4S. The van der Waals surface area contributed by atoms with Crippen LogP contribution in [0.3, 0.4) is 0 Å². The fraction of sp³-hybridized carbons (Fsp3) is 0.333. The highest BCUT2D eigenvalue weighted by atomic mass is 32.2. The van der Waals surface area contributed by atoms with Crippen LogP contribution < -0.4 is 4.31 Å². The molecule has 0 amide bonds. The number of nitrogens with one attached hydrogen (secondary N) is 1. The second kappa shape index (κ2) is 5.69. The van der Waals surface area contributed by atoms with Crippen molar-refractivity contribution in [1.82, 2.24) is 10.2 Å². The van der Waals surface area contributed by atoms with Gasteiger partial charge >= 0.3 is 5.97 Å². The Balaban J connectivity index is 1.98. The molecule has 1 aromatic carbocycles. The van der Waals surface area contributed by atoms with Crippen LogP contribution in [0.5, 0.6) is 0 Å². The van der Waals surface area contributed by atoms with Crippen LogP contribution in [-0.2, 0) is 21.2 Å². The zero-order valence-corrected chi connectivity index (χ0v) is 13.6. The number of sulfonamides is 1. The third-order valence-corrected chi connectivity index (χ3v) is 5.56. The molecule has 0 fully saturated rings. The van der Waals surface area contributed by atoms with Gasteiger partial charge in [-0.05, 0) is 31.9 Å². The summed E-state index contributed by atoms with van der Waals surface area (Å²) >= 11 is 0. The van der Waals surface area contributed by atoms with Crippen molar-refractivity contribution >= 4 is 21.7 Å². The number of para-hydroxylation sites is 1. The fourth-order valence-electron chi connectivity index (χ4n) is 2.76. The molecule has 1 unspecified atom stereocenters. The van der Waals surface area contributed by atoms with E-state index < -0.39 is 16.0 Å². The normalized spacial score (nSPS) is 17.1. The molecule has 0 radical (unpaired) electrons. The first-order valence-electron chi connectivity index (χ1n) is 7.30. The number of anilines is 1. The van der Waals surface area contributed by atoms with Crippen LogP contribution in [0.4, 0.5) is 5.69 Å². The Bertz CT molecular complexity index is 844. The Hall–Kier alpha value is -2.35. The number of esters is 1. The summed E-state index contributed by atoms with van der Waals surface area (Å²) in [4.78, 5) is 11.7. The Morgan fingerprint density at radius 2 is 2.17 bits per heavy atom. The van der Waals surface area contributed by atoms with Gasteiger partial charge in [-0.15, -0.1) is 0 Å². The van der Waals surface area contributed by atoms with Gasteiger partial charge in [0.1, 0.15) is 0 Å². The summed E-state index contributed by atoms with van der Waals surface area (Å²) in [5, 5.41) is 6.06. The number of ether oxygens (including phenoxy) is 1. The van der Waals surface area contributed by atoms with E-state index >= 15 is 0 Å². The van der Waals surface area contributed by atoms with E-state index in [4.69, 9.17) is 4.74 Å². The predicted octanol–water partition coefficient (Wildman–Crippen LogP) is 1.73. The molecule has 1 aliphatic heterocycles. The predicted molar refractivity (Wildman–Crippen MR) is 83.8 cm³/mol. The molecule has 0 saturated carbocycles. The van der Waals surface area contributed by atoms with E-state index in [0.29, 0.717) is 12.1 Å². The number of aromatic nitrogens is 2. The first-order chi connectivity index (χ1) is 10.9. The smallest absolute Gasteiger partial charge is 0.358 e. The summed E-state index contributed by atoms with van der Waals surface area (Å²) in [6.45, 7) is 3.72. The maximum atomic E-state index is 12.9. The molecule has 23 heavy (non-hydrogen) atoms. The van der Waals surface area contributed by atoms with Crippen molar-refractivity contribution < 1.29 is 17.9 Å². The standard InChI is InChI=1S/C15H17N3O4S/c1-3-22-15(19)12-9-14(17-16-12)23(20,21)18-10(2)8-11-6-4-5-7-13(11)18/h4-7,9-10H,3,8H2,1-2H3,(H,16,17). The average molecular weight is 335 g/mol. The third-order valence-electron chi connectivity index (χ3n) is 3.72. The van der Waals surface area contributed by atoms with Gasteiger partial charge in [-0.2, -0.15) is 13.5 Å². The first-order valence-corrected chi connectivity index (χ1v) is 8.74. The minimum atomic E-state index is -3.82. The van der Waals surface area contributed by atoms with E-state index in [-0.39, 0.29) is 23.4 Å². The van der Waals surface area contributed by atoms with Gasteiger partial charge in [0.25, 0.3) is 10.0 Å². The van der Waals surface area contributed by atoms with Crippen molar-refractivity contribution in [3.8, 4) is 0 Å². The van der Waals surface area contributed by atoms with Crippen molar-refractivity contribution in [3.05, 3.63) is 41.6 Å². The number of fused-ring (bicyclic) bond motifs is 1. The number of benzene rings is 1. The third kappa shape index (κ3) is 2.59. The molecule has 8 heteroatoms. The molecule has 2 aromatic rings. The molecule has 3 rings (SSSR count). The van der Waals surface area contributed by atoms with Gasteiger partial charge in [0.05, 0.1) is 12.3 Å². The quantitative estimate of drug-likeness (QED) is 0.859. The van der Waals surface area contributed by atoms with Crippen molar-refractivity contribution in [3.63, 3.8) is 0 Å². The summed E-state index contributed by atoms with van der Waals surface area (Å²) in [5.74, 6) is -0.653. The summed E-state index contributed by atoms with van der Waals surface area (Å²) in [5.41, 5.74) is 1.59. The maximum absolute atomic E-state index is 12.9. The Morgan fingerprint density at radius 1 is 1.43 bits per heavy atom. The average Bonchev–Trinajstić information content (AvgIpc) is 3.11. The number of H-pyrrole nitrogens is 1. The number of nitrogens with zero attached hydrogens (tertiary/aromatic N) is 2. The van der Waals surface area contributed by atoms with Crippen LogP contribution in [0.1, 0.15) is 29.9 Å². The molecule has 0 aliphatic carbocycles. The van der Waals surface area contributed by atoms with E-state index in [1.807, 2.05) is 19.1 Å². The second-order valence-electron chi connectivity index (χ2n) is 5.32. The lowest BCUT2D eigenvalue weighted by Gasteiger charge is -2.23. The molecule has 1 N–H and O–H groups in total. The minimum Gasteiger partial charge on any atom is -0.461 e. The number of hydrogen-bond acceptors (Lipinski definition) is 5. The van der Waals surface area contributed by atoms with Crippen molar-refractivity contribution in [2.45, 2.75) is 31.3 Å².